The molecule has 2 aliphatic heterocycles. The normalized spacial score (nSPS) is 14.6. The minimum absolute atomic E-state index is 0.139. The number of carbonyl (C=O) groups excluding carboxylic acids is 4. The molecule has 176 valence electrons. The summed E-state index contributed by atoms with van der Waals surface area (Å²) in [7, 11) is 0. The van der Waals surface area contributed by atoms with E-state index in [1.807, 2.05) is 0 Å². The van der Waals surface area contributed by atoms with Crippen LogP contribution in [0.5, 0.6) is 23.0 Å². The minimum Gasteiger partial charge on any atom is -0.487 e. The summed E-state index contributed by atoms with van der Waals surface area (Å²) in [6.07, 6.45) is 7.79. The molecule has 0 N–H and O–H groups in total. The van der Waals surface area contributed by atoms with Crippen LogP contribution < -0.4 is 24.0 Å². The van der Waals surface area contributed by atoms with Gasteiger partial charge < -0.3 is 14.2 Å². The van der Waals surface area contributed by atoms with E-state index in [-0.39, 0.29) is 36.1 Å². The summed E-state index contributed by atoms with van der Waals surface area (Å²) in [5.41, 5.74) is 0.534. The molecule has 2 aromatic rings. The molecule has 2 heterocycles. The van der Waals surface area contributed by atoms with Gasteiger partial charge in [0.05, 0.1) is 11.4 Å². The lowest BCUT2D eigenvalue weighted by molar-refractivity contribution is -0.121. The van der Waals surface area contributed by atoms with Crippen molar-refractivity contribution in [3.63, 3.8) is 0 Å². The summed E-state index contributed by atoms with van der Waals surface area (Å²) in [4.78, 5) is 50.5. The van der Waals surface area contributed by atoms with Gasteiger partial charge in [-0.15, -0.1) is 0 Å². The highest BCUT2D eigenvalue weighted by atomic mass is 16.5. The molecule has 9 heteroatoms. The van der Waals surface area contributed by atoms with Crippen molar-refractivity contribution in [2.75, 3.05) is 23.0 Å². The van der Waals surface area contributed by atoms with Gasteiger partial charge in [-0.2, -0.15) is 0 Å². The summed E-state index contributed by atoms with van der Waals surface area (Å²) in [6, 6.07) is 9.29. The lowest BCUT2D eigenvalue weighted by atomic mass is 10.2. The first-order chi connectivity index (χ1) is 16.9. The van der Waals surface area contributed by atoms with Gasteiger partial charge in [0.2, 0.25) is 0 Å². The van der Waals surface area contributed by atoms with Crippen LogP contribution in [-0.4, -0.2) is 36.8 Å². The Bertz CT molecular complexity index is 1170. The van der Waals surface area contributed by atoms with Gasteiger partial charge in [-0.1, -0.05) is 25.3 Å². The first-order valence-electron chi connectivity index (χ1n) is 10.5. The summed E-state index contributed by atoms with van der Waals surface area (Å²) >= 11 is 0. The summed E-state index contributed by atoms with van der Waals surface area (Å²) in [5.74, 6) is -0.743. The van der Waals surface area contributed by atoms with Gasteiger partial charge in [-0.25, -0.2) is 9.80 Å². The van der Waals surface area contributed by atoms with E-state index in [9.17, 15) is 19.2 Å². The van der Waals surface area contributed by atoms with Crippen molar-refractivity contribution in [3.05, 3.63) is 86.0 Å². The molecule has 0 saturated carbocycles. The van der Waals surface area contributed by atoms with Gasteiger partial charge in [-0.05, 0) is 24.3 Å². The quantitative estimate of drug-likeness (QED) is 0.385. The molecule has 35 heavy (non-hydrogen) atoms. The van der Waals surface area contributed by atoms with E-state index in [1.54, 1.807) is 12.1 Å². The Labute approximate surface area is 200 Å². The van der Waals surface area contributed by atoms with Crippen LogP contribution in [0.25, 0.3) is 0 Å². The maximum absolute atomic E-state index is 12.1. The Morgan fingerprint density at radius 2 is 1.00 bits per heavy atom. The van der Waals surface area contributed by atoms with Gasteiger partial charge >= 0.3 is 0 Å². The number of rotatable bonds is 10. The van der Waals surface area contributed by atoms with Crippen molar-refractivity contribution in [3.8, 4) is 23.0 Å². The van der Waals surface area contributed by atoms with Gasteiger partial charge in [0.1, 0.15) is 36.2 Å². The molecule has 9 nitrogen and oxygen atoms in total. The highest BCUT2D eigenvalue weighted by molar-refractivity contribution is 6.29. The lowest BCUT2D eigenvalue weighted by Gasteiger charge is -2.20. The first kappa shape index (κ1) is 23.2. The van der Waals surface area contributed by atoms with Gasteiger partial charge in [0, 0.05) is 36.4 Å². The van der Waals surface area contributed by atoms with Gasteiger partial charge in [0.15, 0.2) is 0 Å². The molecule has 0 fully saturated rings. The minimum atomic E-state index is -0.479. The van der Waals surface area contributed by atoms with Crippen molar-refractivity contribution >= 4 is 35.0 Å². The molecule has 0 spiro atoms. The number of imide groups is 2. The molecule has 4 rings (SSSR count). The Morgan fingerprint density at radius 1 is 0.629 bits per heavy atom. The Balaban J connectivity index is 1.64. The SMILES string of the molecule is C=CCOc1cc(Oc2ccc(N3C(=O)C=CC3=O)c(OCC=C)c2)ccc1N1C(=O)C=CC1=O. The fourth-order valence-electron chi connectivity index (χ4n) is 3.43. The number of ether oxygens (including phenoxy) is 3. The lowest BCUT2D eigenvalue weighted by Crippen LogP contribution is -2.30. The number of hydrogen-bond donors (Lipinski definition) is 0. The molecule has 2 aromatic carbocycles. The molecule has 0 unspecified atom stereocenters. The van der Waals surface area contributed by atoms with Crippen LogP contribution in [0.15, 0.2) is 86.0 Å². The molecule has 2 aliphatic rings. The van der Waals surface area contributed by atoms with Gasteiger partial charge in [0.25, 0.3) is 23.6 Å². The average molecular weight is 472 g/mol. The Hall–Kier alpha value is -4.92. The van der Waals surface area contributed by atoms with Crippen LogP contribution in [-0.2, 0) is 19.2 Å². The van der Waals surface area contributed by atoms with Crippen molar-refractivity contribution in [2.45, 2.75) is 0 Å². The van der Waals surface area contributed by atoms with E-state index in [0.29, 0.717) is 11.5 Å². The van der Waals surface area contributed by atoms with Crippen LogP contribution in [0.2, 0.25) is 0 Å². The standard InChI is InChI=1S/C26H20N2O7/c1-3-13-33-21-15-17(5-7-19(21)27-23(29)9-10-24(27)30)35-18-6-8-20(22(16-18)34-14-4-2)28-25(31)11-12-26(28)32/h3-12,15-16H,1-2,13-14H2. The number of anilines is 2. The maximum Gasteiger partial charge on any atom is 0.258 e. The zero-order valence-electron chi connectivity index (χ0n) is 18.5. The van der Waals surface area contributed by atoms with Crippen LogP contribution in [0.3, 0.4) is 0 Å². The largest absolute Gasteiger partial charge is 0.487 e. The third-order valence-electron chi connectivity index (χ3n) is 4.91. The molecular weight excluding hydrogens is 452 g/mol. The van der Waals surface area contributed by atoms with E-state index < -0.39 is 23.6 Å². The van der Waals surface area contributed by atoms with E-state index in [4.69, 9.17) is 14.2 Å². The molecule has 0 bridgehead atoms. The number of amides is 4. The van der Waals surface area contributed by atoms with Crippen LogP contribution in [0.4, 0.5) is 11.4 Å². The number of hydrogen-bond acceptors (Lipinski definition) is 7. The molecule has 0 saturated heterocycles. The monoisotopic (exact) mass is 472 g/mol. The molecule has 0 atom stereocenters. The van der Waals surface area contributed by atoms with E-state index in [1.165, 1.54) is 60.7 Å². The molecule has 0 radical (unpaired) electrons. The Kier molecular flexibility index (Phi) is 6.59. The third-order valence-corrected chi connectivity index (χ3v) is 4.91. The predicted octanol–water partition coefficient (Wildman–Crippen LogP) is 3.47. The second kappa shape index (κ2) is 9.92. The van der Waals surface area contributed by atoms with Crippen molar-refractivity contribution in [1.82, 2.24) is 0 Å². The zero-order chi connectivity index (χ0) is 24.9. The maximum atomic E-state index is 12.1. The third kappa shape index (κ3) is 4.74. The van der Waals surface area contributed by atoms with E-state index in [2.05, 4.69) is 13.2 Å². The fourth-order valence-corrected chi connectivity index (χ4v) is 3.43. The Morgan fingerprint density at radius 3 is 1.34 bits per heavy atom. The summed E-state index contributed by atoms with van der Waals surface area (Å²) in [6.45, 7) is 7.51. The highest BCUT2D eigenvalue weighted by Gasteiger charge is 2.29. The van der Waals surface area contributed by atoms with Gasteiger partial charge in [-0.3, -0.25) is 19.2 Å². The van der Waals surface area contributed by atoms with E-state index >= 15 is 0 Å². The van der Waals surface area contributed by atoms with Crippen molar-refractivity contribution < 1.29 is 33.4 Å². The average Bonchev–Trinajstić information content (AvgIpc) is 3.36. The van der Waals surface area contributed by atoms with Crippen LogP contribution in [0.1, 0.15) is 0 Å². The molecule has 0 aromatic heterocycles. The van der Waals surface area contributed by atoms with Crippen molar-refractivity contribution in [1.29, 1.82) is 0 Å². The van der Waals surface area contributed by atoms with Crippen LogP contribution in [0, 0.1) is 0 Å². The summed E-state index contributed by atoms with van der Waals surface area (Å²) < 4.78 is 17.3. The number of carbonyl (C=O) groups is 4. The molecular formula is C26H20N2O7. The smallest absolute Gasteiger partial charge is 0.258 e. The number of benzene rings is 2. The second-order valence-corrected chi connectivity index (χ2v) is 7.25. The van der Waals surface area contributed by atoms with E-state index in [0.717, 1.165) is 9.80 Å². The predicted molar refractivity (Wildman–Crippen MR) is 128 cm³/mol. The fraction of sp³-hybridized carbons (Fsp3) is 0.0769. The molecule has 4 amide bonds. The zero-order valence-corrected chi connectivity index (χ0v) is 18.5. The highest BCUT2D eigenvalue weighted by Crippen LogP contribution is 2.39. The van der Waals surface area contributed by atoms with Crippen LogP contribution >= 0.6 is 0 Å². The molecule has 0 aliphatic carbocycles. The number of nitrogens with zero attached hydrogens (tertiary/aromatic N) is 2. The topological polar surface area (TPSA) is 102 Å². The first-order valence-corrected chi connectivity index (χ1v) is 10.5. The summed E-state index contributed by atoms with van der Waals surface area (Å²) in [5, 5.41) is 0. The van der Waals surface area contributed by atoms with Crippen molar-refractivity contribution in [2.24, 2.45) is 0 Å². The second-order valence-electron chi connectivity index (χ2n) is 7.25.